The van der Waals surface area contributed by atoms with Crippen molar-refractivity contribution in [2.24, 2.45) is 5.92 Å². The van der Waals surface area contributed by atoms with Crippen LogP contribution in [-0.4, -0.2) is 96.7 Å². The second-order valence-electron chi connectivity index (χ2n) is 30.3. The maximum absolute atomic E-state index is 13.1. The zero-order valence-electron chi connectivity index (χ0n) is 66.8. The number of carbonyl (C=O) groups is 4. The topological polar surface area (TPSA) is 237 Å². The van der Waals surface area contributed by atoms with Crippen LogP contribution in [0.1, 0.15) is 446 Å². The Kier molecular flexibility index (Phi) is 74.4. The average molecular weight is 1490 g/mol. The average Bonchev–Trinajstić information content (AvgIpc) is 0.925. The normalized spacial score (nSPS) is 13.8. The molecule has 0 amide bonds. The Morgan fingerprint density at radius 1 is 0.265 bits per heavy atom. The summed E-state index contributed by atoms with van der Waals surface area (Å²) in [6.07, 6.45) is 68.1. The van der Waals surface area contributed by atoms with Crippen molar-refractivity contribution < 1.29 is 80.2 Å². The molecule has 5 atom stereocenters. The highest BCUT2D eigenvalue weighted by atomic mass is 31.2. The van der Waals surface area contributed by atoms with Crippen LogP contribution in [0.15, 0.2) is 0 Å². The first-order chi connectivity index (χ1) is 49.5. The Morgan fingerprint density at radius 2 is 0.451 bits per heavy atom. The summed E-state index contributed by atoms with van der Waals surface area (Å²) in [6, 6.07) is 0. The quantitative estimate of drug-likeness (QED) is 0.0222. The Labute approximate surface area is 626 Å². The molecule has 606 valence electrons. The van der Waals surface area contributed by atoms with Gasteiger partial charge in [-0.25, -0.2) is 9.13 Å². The van der Waals surface area contributed by atoms with E-state index in [1.807, 2.05) is 0 Å². The number of aliphatic hydroxyl groups excluding tert-OH is 1. The summed E-state index contributed by atoms with van der Waals surface area (Å²) >= 11 is 0. The first kappa shape index (κ1) is 100. The predicted molar refractivity (Wildman–Crippen MR) is 418 cm³/mol. The molecular formula is C83H162O17P2. The lowest BCUT2D eigenvalue weighted by atomic mass is 10.0. The minimum absolute atomic E-state index is 0.108. The van der Waals surface area contributed by atoms with E-state index in [1.54, 1.807) is 0 Å². The van der Waals surface area contributed by atoms with E-state index >= 15 is 0 Å². The first-order valence-electron chi connectivity index (χ1n) is 43.1. The molecule has 17 nitrogen and oxygen atoms in total. The van der Waals surface area contributed by atoms with Gasteiger partial charge < -0.3 is 33.8 Å². The van der Waals surface area contributed by atoms with Crippen LogP contribution in [0, 0.1) is 5.92 Å². The summed E-state index contributed by atoms with van der Waals surface area (Å²) < 4.78 is 68.8. The number of rotatable bonds is 83. The van der Waals surface area contributed by atoms with Gasteiger partial charge in [0.05, 0.1) is 26.4 Å². The minimum Gasteiger partial charge on any atom is -0.462 e. The van der Waals surface area contributed by atoms with Gasteiger partial charge in [0, 0.05) is 25.7 Å². The van der Waals surface area contributed by atoms with Crippen LogP contribution in [0.5, 0.6) is 0 Å². The summed E-state index contributed by atoms with van der Waals surface area (Å²) in [5.41, 5.74) is 0. The van der Waals surface area contributed by atoms with Crippen LogP contribution in [0.2, 0.25) is 0 Å². The summed E-state index contributed by atoms with van der Waals surface area (Å²) in [6.45, 7) is 7.29. The highest BCUT2D eigenvalue weighted by Crippen LogP contribution is 2.45. The number of phosphoric ester groups is 2. The van der Waals surface area contributed by atoms with Crippen LogP contribution in [0.25, 0.3) is 0 Å². The third-order valence-corrected chi connectivity index (χ3v) is 21.4. The number of unbranched alkanes of at least 4 members (excludes halogenated alkanes) is 55. The van der Waals surface area contributed by atoms with Crippen molar-refractivity contribution in [2.75, 3.05) is 39.6 Å². The van der Waals surface area contributed by atoms with Gasteiger partial charge >= 0.3 is 39.5 Å². The largest absolute Gasteiger partial charge is 0.472 e. The van der Waals surface area contributed by atoms with E-state index in [9.17, 15) is 43.2 Å². The lowest BCUT2D eigenvalue weighted by Gasteiger charge is -2.21. The van der Waals surface area contributed by atoms with Gasteiger partial charge in [-0.15, -0.1) is 0 Å². The van der Waals surface area contributed by atoms with Gasteiger partial charge in [-0.1, -0.05) is 394 Å². The van der Waals surface area contributed by atoms with E-state index < -0.39 is 97.5 Å². The fraction of sp³-hybridized carbons (Fsp3) is 0.952. The van der Waals surface area contributed by atoms with Gasteiger partial charge in [0.15, 0.2) is 12.2 Å². The minimum atomic E-state index is -4.96. The molecule has 0 aliphatic carbocycles. The van der Waals surface area contributed by atoms with Crippen molar-refractivity contribution in [1.82, 2.24) is 0 Å². The van der Waals surface area contributed by atoms with Crippen molar-refractivity contribution >= 4 is 39.5 Å². The molecule has 0 saturated carbocycles. The predicted octanol–water partition coefficient (Wildman–Crippen LogP) is 25.2. The summed E-state index contributed by atoms with van der Waals surface area (Å²) in [5, 5.41) is 10.7. The lowest BCUT2D eigenvalue weighted by molar-refractivity contribution is -0.161. The van der Waals surface area contributed by atoms with Gasteiger partial charge in [-0.05, 0) is 31.6 Å². The van der Waals surface area contributed by atoms with Crippen LogP contribution < -0.4 is 0 Å². The first-order valence-corrected chi connectivity index (χ1v) is 46.1. The molecule has 0 aromatic rings. The van der Waals surface area contributed by atoms with Crippen LogP contribution in [-0.2, 0) is 65.4 Å². The molecule has 19 heteroatoms. The number of aliphatic hydroxyl groups is 1. The molecule has 0 heterocycles. The summed E-state index contributed by atoms with van der Waals surface area (Å²) in [4.78, 5) is 73.1. The van der Waals surface area contributed by atoms with Gasteiger partial charge in [-0.2, -0.15) is 0 Å². The van der Waals surface area contributed by atoms with Crippen molar-refractivity contribution in [3.8, 4) is 0 Å². The summed E-state index contributed by atoms with van der Waals surface area (Å²) in [7, 11) is -9.92. The van der Waals surface area contributed by atoms with Crippen LogP contribution in [0.4, 0.5) is 0 Å². The van der Waals surface area contributed by atoms with Crippen LogP contribution in [0.3, 0.4) is 0 Å². The number of carbonyl (C=O) groups excluding carboxylic acids is 4. The van der Waals surface area contributed by atoms with Gasteiger partial charge in [0.25, 0.3) is 0 Å². The SMILES string of the molecule is CCCCCCCCCCCCCCCCCCCCCC(=O)OC[C@H](COP(=O)(O)OC[C@@H](O)COP(=O)(O)OC[C@@H](COC(=O)CCCCCCCCCC(C)C)OC(=O)CCCCCCCCCCCCCCCC)OC(=O)CCCCCCCCCCCCCCCCCCCCC. The van der Waals surface area contributed by atoms with Gasteiger partial charge in [0.2, 0.25) is 0 Å². The van der Waals surface area contributed by atoms with Crippen molar-refractivity contribution in [3.63, 3.8) is 0 Å². The molecule has 0 aliphatic rings. The third-order valence-electron chi connectivity index (χ3n) is 19.5. The molecule has 3 N–H and O–H groups in total. The van der Waals surface area contributed by atoms with E-state index in [1.165, 1.54) is 263 Å². The zero-order valence-corrected chi connectivity index (χ0v) is 68.5. The Balaban J connectivity index is 5.22. The number of esters is 4. The fourth-order valence-electron chi connectivity index (χ4n) is 12.9. The van der Waals surface area contributed by atoms with Crippen molar-refractivity contribution in [3.05, 3.63) is 0 Å². The zero-order chi connectivity index (χ0) is 74.8. The second-order valence-corrected chi connectivity index (χ2v) is 33.3. The highest BCUT2D eigenvalue weighted by molar-refractivity contribution is 7.47. The molecule has 0 aromatic carbocycles. The molecule has 0 fully saturated rings. The maximum Gasteiger partial charge on any atom is 0.472 e. The van der Waals surface area contributed by atoms with E-state index in [0.29, 0.717) is 31.6 Å². The molecule has 0 bridgehead atoms. The number of hydrogen-bond acceptors (Lipinski definition) is 15. The standard InChI is InChI=1S/C83H162O17P2/c1-6-9-12-15-18-21-24-27-30-32-34-36-38-41-43-46-51-56-61-66-80(85)93-72-78(99-82(87)69-64-59-53-48-45-42-39-37-35-33-31-28-25-22-19-16-13-10-7-2)74-97-101(89,90)95-70-77(84)71-96-102(91,92)98-75-79(73-94-81(86)67-62-57-54-49-50-55-60-65-76(4)5)100-83(88)68-63-58-52-47-44-40-29-26-23-20-17-14-11-8-3/h76-79,84H,6-75H2,1-5H3,(H,89,90)(H,91,92)/t77-,78-,79-/m1/s1. The molecule has 102 heavy (non-hydrogen) atoms. The van der Waals surface area contributed by atoms with Gasteiger partial charge in [0.1, 0.15) is 19.3 Å². The number of hydrogen-bond donors (Lipinski definition) is 3. The number of phosphoric acid groups is 2. The Morgan fingerprint density at radius 3 is 0.667 bits per heavy atom. The smallest absolute Gasteiger partial charge is 0.462 e. The second kappa shape index (κ2) is 75.9. The lowest BCUT2D eigenvalue weighted by Crippen LogP contribution is -2.30. The Hall–Kier alpha value is -1.94. The third kappa shape index (κ3) is 76.3. The van der Waals surface area contributed by atoms with E-state index in [4.69, 9.17) is 37.0 Å². The fourth-order valence-corrected chi connectivity index (χ4v) is 14.5. The summed E-state index contributed by atoms with van der Waals surface area (Å²) in [5.74, 6) is -1.40. The van der Waals surface area contributed by atoms with Crippen molar-refractivity contribution in [1.29, 1.82) is 0 Å². The molecule has 0 radical (unpaired) electrons. The van der Waals surface area contributed by atoms with E-state index in [2.05, 4.69) is 34.6 Å². The maximum atomic E-state index is 13.1. The Bertz CT molecular complexity index is 1940. The van der Waals surface area contributed by atoms with Crippen LogP contribution >= 0.6 is 15.6 Å². The molecule has 0 rings (SSSR count). The molecule has 0 spiro atoms. The highest BCUT2D eigenvalue weighted by Gasteiger charge is 2.30. The number of ether oxygens (including phenoxy) is 4. The van der Waals surface area contributed by atoms with Crippen molar-refractivity contribution in [2.45, 2.75) is 464 Å². The monoisotopic (exact) mass is 1490 g/mol. The van der Waals surface area contributed by atoms with E-state index in [0.717, 1.165) is 96.3 Å². The molecular weight excluding hydrogens is 1330 g/mol. The molecule has 2 unspecified atom stereocenters. The molecule has 0 aromatic heterocycles. The molecule has 0 aliphatic heterocycles. The molecule has 0 saturated heterocycles. The van der Waals surface area contributed by atoms with E-state index in [-0.39, 0.29) is 25.7 Å². The van der Waals surface area contributed by atoms with Gasteiger partial charge in [-0.3, -0.25) is 37.3 Å².